The van der Waals surface area contributed by atoms with Crippen molar-refractivity contribution in [2.75, 3.05) is 36.8 Å². The molecule has 0 spiro atoms. The van der Waals surface area contributed by atoms with E-state index >= 15 is 0 Å². The normalized spacial score (nSPS) is 21.8. The van der Waals surface area contributed by atoms with Crippen molar-refractivity contribution < 1.29 is 14.1 Å². The summed E-state index contributed by atoms with van der Waals surface area (Å²) in [5.74, 6) is 0.560. The van der Waals surface area contributed by atoms with Gasteiger partial charge >= 0.3 is 7.12 Å². The van der Waals surface area contributed by atoms with Crippen molar-refractivity contribution in [1.29, 1.82) is 0 Å². The number of carbonyl (C=O) groups excluding carboxylic acids is 1. The third-order valence-electron chi connectivity index (χ3n) is 5.70. The van der Waals surface area contributed by atoms with Crippen molar-refractivity contribution in [3.63, 3.8) is 0 Å². The van der Waals surface area contributed by atoms with Crippen LogP contribution in [0, 0.1) is 0 Å². The molecule has 152 valence electrons. The van der Waals surface area contributed by atoms with E-state index in [0.29, 0.717) is 5.75 Å². The molecule has 1 N–H and O–H groups in total. The van der Waals surface area contributed by atoms with E-state index in [0.717, 1.165) is 37.2 Å². The largest absolute Gasteiger partial charge is 0.491 e. The SMILES string of the molecule is CC(=O)SCC(=Cc1cccc(N2CCNCC2)c1)B1OC(C)(C)C(C)(C)O1. The van der Waals surface area contributed by atoms with Gasteiger partial charge in [-0.05, 0) is 50.9 Å². The first-order valence-corrected chi connectivity index (χ1v) is 10.9. The Kier molecular flexibility index (Phi) is 6.59. The number of carbonyl (C=O) groups is 1. The standard InChI is InChI=1S/C21H31BN2O3S/c1-16(25)28-15-18(22-26-20(2,3)21(4,5)27-22)13-17-7-6-8-19(14-17)24-11-9-23-10-12-24/h6-8,13-14,23H,9-12,15H2,1-5H3. The predicted molar refractivity (Wildman–Crippen MR) is 119 cm³/mol. The van der Waals surface area contributed by atoms with Gasteiger partial charge in [-0.3, -0.25) is 4.79 Å². The zero-order valence-electron chi connectivity index (χ0n) is 17.6. The van der Waals surface area contributed by atoms with Gasteiger partial charge in [0.25, 0.3) is 0 Å². The van der Waals surface area contributed by atoms with E-state index < -0.39 is 18.3 Å². The highest BCUT2D eigenvalue weighted by Crippen LogP contribution is 2.39. The second kappa shape index (κ2) is 8.62. The van der Waals surface area contributed by atoms with Gasteiger partial charge in [0.2, 0.25) is 0 Å². The van der Waals surface area contributed by atoms with E-state index in [1.807, 2.05) is 27.7 Å². The molecule has 0 aliphatic carbocycles. The molecule has 1 aromatic carbocycles. The zero-order chi connectivity index (χ0) is 20.4. The number of thioether (sulfide) groups is 1. The van der Waals surface area contributed by atoms with Crippen LogP contribution in [0.25, 0.3) is 6.08 Å². The highest BCUT2D eigenvalue weighted by molar-refractivity contribution is 8.13. The Morgan fingerprint density at radius 2 is 1.86 bits per heavy atom. The fourth-order valence-electron chi connectivity index (χ4n) is 3.31. The summed E-state index contributed by atoms with van der Waals surface area (Å²) < 4.78 is 12.5. The van der Waals surface area contributed by atoms with Crippen LogP contribution in [0.3, 0.4) is 0 Å². The van der Waals surface area contributed by atoms with E-state index in [-0.39, 0.29) is 5.12 Å². The molecule has 2 aliphatic heterocycles. The van der Waals surface area contributed by atoms with Gasteiger partial charge in [-0.15, -0.1) is 0 Å². The van der Waals surface area contributed by atoms with Crippen LogP contribution in [0.1, 0.15) is 40.2 Å². The summed E-state index contributed by atoms with van der Waals surface area (Å²) in [4.78, 5) is 14.0. The van der Waals surface area contributed by atoms with Gasteiger partial charge in [0.15, 0.2) is 5.12 Å². The van der Waals surface area contributed by atoms with E-state index in [1.165, 1.54) is 17.4 Å². The Bertz CT molecular complexity index is 729. The van der Waals surface area contributed by atoms with Crippen LogP contribution < -0.4 is 10.2 Å². The minimum absolute atomic E-state index is 0.0944. The van der Waals surface area contributed by atoms with Crippen molar-refractivity contribution >= 4 is 35.8 Å². The summed E-state index contributed by atoms with van der Waals surface area (Å²) >= 11 is 1.29. The molecule has 0 aromatic heterocycles. The second-order valence-electron chi connectivity index (χ2n) is 8.42. The van der Waals surface area contributed by atoms with Crippen molar-refractivity contribution in [3.05, 3.63) is 35.3 Å². The maximum Gasteiger partial charge on any atom is 0.491 e. The monoisotopic (exact) mass is 402 g/mol. The summed E-state index contributed by atoms with van der Waals surface area (Å²) in [6, 6.07) is 8.54. The Morgan fingerprint density at radius 1 is 1.21 bits per heavy atom. The molecule has 1 aromatic rings. The average molecular weight is 402 g/mol. The van der Waals surface area contributed by atoms with Crippen LogP contribution in [0.2, 0.25) is 0 Å². The summed E-state index contributed by atoms with van der Waals surface area (Å²) in [6.45, 7) is 13.8. The average Bonchev–Trinajstić information content (AvgIpc) is 2.87. The fourth-order valence-corrected chi connectivity index (χ4v) is 3.89. The molecule has 7 heteroatoms. The summed E-state index contributed by atoms with van der Waals surface area (Å²) in [5, 5.41) is 3.48. The lowest BCUT2D eigenvalue weighted by Gasteiger charge is -2.32. The molecule has 2 heterocycles. The van der Waals surface area contributed by atoms with Gasteiger partial charge < -0.3 is 19.5 Å². The number of hydrogen-bond donors (Lipinski definition) is 1. The second-order valence-corrected chi connectivity index (χ2v) is 9.57. The van der Waals surface area contributed by atoms with Gasteiger partial charge in [0.1, 0.15) is 0 Å². The van der Waals surface area contributed by atoms with Crippen LogP contribution >= 0.6 is 11.8 Å². The highest BCUT2D eigenvalue weighted by atomic mass is 32.2. The van der Waals surface area contributed by atoms with E-state index in [1.54, 1.807) is 6.92 Å². The predicted octanol–water partition coefficient (Wildman–Crippen LogP) is 3.39. The number of anilines is 1. The lowest BCUT2D eigenvalue weighted by atomic mass is 9.78. The lowest BCUT2D eigenvalue weighted by Crippen LogP contribution is -2.43. The molecule has 0 unspecified atom stereocenters. The molecule has 0 radical (unpaired) electrons. The third kappa shape index (κ3) is 5.01. The molecule has 3 rings (SSSR count). The van der Waals surface area contributed by atoms with E-state index in [9.17, 15) is 4.79 Å². The summed E-state index contributed by atoms with van der Waals surface area (Å²) in [7, 11) is -0.445. The first-order chi connectivity index (χ1) is 13.2. The maximum atomic E-state index is 11.6. The lowest BCUT2D eigenvalue weighted by molar-refractivity contribution is -0.109. The highest BCUT2D eigenvalue weighted by Gasteiger charge is 2.52. The number of hydrogen-bond acceptors (Lipinski definition) is 6. The minimum atomic E-state index is -0.445. The van der Waals surface area contributed by atoms with Crippen molar-refractivity contribution in [3.8, 4) is 0 Å². The summed E-state index contributed by atoms with van der Waals surface area (Å²) in [5.41, 5.74) is 2.50. The molecule has 0 atom stereocenters. The number of benzene rings is 1. The first kappa shape index (κ1) is 21.4. The van der Waals surface area contributed by atoms with Crippen LogP contribution in [0.5, 0.6) is 0 Å². The molecule has 2 aliphatic rings. The van der Waals surface area contributed by atoms with Gasteiger partial charge in [-0.25, -0.2) is 0 Å². The number of nitrogens with one attached hydrogen (secondary N) is 1. The molecule has 28 heavy (non-hydrogen) atoms. The number of rotatable bonds is 5. The molecular formula is C21H31BN2O3S. The Balaban J connectivity index is 1.86. The van der Waals surface area contributed by atoms with Crippen LogP contribution in [0.4, 0.5) is 5.69 Å². The quantitative estimate of drug-likeness (QED) is 0.762. The topological polar surface area (TPSA) is 50.8 Å². The minimum Gasteiger partial charge on any atom is -0.400 e. The third-order valence-corrected chi connectivity index (χ3v) is 6.59. The zero-order valence-corrected chi connectivity index (χ0v) is 18.4. The molecule has 0 saturated carbocycles. The van der Waals surface area contributed by atoms with Gasteiger partial charge in [-0.1, -0.05) is 30.0 Å². The number of piperazine rings is 1. The van der Waals surface area contributed by atoms with E-state index in [2.05, 4.69) is 40.6 Å². The Morgan fingerprint density at radius 3 is 2.46 bits per heavy atom. The molecular weight excluding hydrogens is 371 g/mol. The van der Waals surface area contributed by atoms with Crippen molar-refractivity contribution in [2.24, 2.45) is 0 Å². The maximum absolute atomic E-state index is 11.6. The van der Waals surface area contributed by atoms with Crippen LogP contribution in [-0.4, -0.2) is 55.4 Å². The molecule has 0 amide bonds. The molecule has 2 fully saturated rings. The fraction of sp³-hybridized carbons (Fsp3) is 0.571. The van der Waals surface area contributed by atoms with Crippen molar-refractivity contribution in [1.82, 2.24) is 5.32 Å². The first-order valence-electron chi connectivity index (χ1n) is 9.93. The summed E-state index contributed by atoms with van der Waals surface area (Å²) in [6.07, 6.45) is 2.11. The van der Waals surface area contributed by atoms with Crippen LogP contribution in [0.15, 0.2) is 29.7 Å². The van der Waals surface area contributed by atoms with Crippen LogP contribution in [-0.2, 0) is 14.1 Å². The smallest absolute Gasteiger partial charge is 0.400 e. The van der Waals surface area contributed by atoms with E-state index in [4.69, 9.17) is 9.31 Å². The Labute approximate surface area is 173 Å². The number of nitrogens with zero attached hydrogens (tertiary/aromatic N) is 1. The molecule has 2 saturated heterocycles. The van der Waals surface area contributed by atoms with Gasteiger partial charge in [0.05, 0.1) is 11.2 Å². The Hall–Kier alpha value is -1.28. The van der Waals surface area contributed by atoms with Crippen molar-refractivity contribution in [2.45, 2.75) is 45.8 Å². The van der Waals surface area contributed by atoms with Gasteiger partial charge in [0, 0.05) is 44.5 Å². The van der Waals surface area contributed by atoms with Gasteiger partial charge in [-0.2, -0.15) is 0 Å². The molecule has 0 bridgehead atoms. The molecule has 5 nitrogen and oxygen atoms in total.